The highest BCUT2D eigenvalue weighted by Crippen LogP contribution is 2.34. The van der Waals surface area contributed by atoms with Gasteiger partial charge in [-0.05, 0) is 19.4 Å². The number of nitrogens with one attached hydrogen (secondary N) is 1. The molecule has 0 saturated carbocycles. The van der Waals surface area contributed by atoms with Gasteiger partial charge in [0.25, 0.3) is 0 Å². The summed E-state index contributed by atoms with van der Waals surface area (Å²) in [5.74, 6) is 1.99. The van der Waals surface area contributed by atoms with E-state index >= 15 is 0 Å². The minimum Gasteiger partial charge on any atom is -0.496 e. The molecule has 2 N–H and O–H groups in total. The molecule has 1 aliphatic rings. The van der Waals surface area contributed by atoms with Gasteiger partial charge < -0.3 is 15.2 Å². The van der Waals surface area contributed by atoms with Crippen molar-refractivity contribution in [2.24, 2.45) is 0 Å². The summed E-state index contributed by atoms with van der Waals surface area (Å²) in [6.07, 6.45) is 0.904. The number of nitrogens with zero attached hydrogens (tertiary/aromatic N) is 3. The molecule has 0 bridgehead atoms. The first-order valence-corrected chi connectivity index (χ1v) is 6.67. The predicted molar refractivity (Wildman–Crippen MR) is 74.9 cm³/mol. The summed E-state index contributed by atoms with van der Waals surface area (Å²) in [5.41, 5.74) is 2.29. The Bertz CT molecular complexity index is 624. The maximum atomic E-state index is 9.20. The van der Waals surface area contributed by atoms with Crippen LogP contribution in [0.15, 0.2) is 18.2 Å². The van der Waals surface area contributed by atoms with E-state index in [0.717, 1.165) is 24.3 Å². The third-order valence-electron chi connectivity index (χ3n) is 3.56. The Hall–Kier alpha value is -2.08. The van der Waals surface area contributed by atoms with E-state index in [-0.39, 0.29) is 12.6 Å². The van der Waals surface area contributed by atoms with Crippen molar-refractivity contribution >= 4 is 5.95 Å². The lowest BCUT2D eigenvalue weighted by molar-refractivity contribution is 0.270. The van der Waals surface area contributed by atoms with Gasteiger partial charge in [0.2, 0.25) is 5.95 Å². The molecule has 0 radical (unpaired) electrons. The molecule has 0 fully saturated rings. The van der Waals surface area contributed by atoms with Gasteiger partial charge in [-0.1, -0.05) is 17.7 Å². The fourth-order valence-electron chi connectivity index (χ4n) is 2.62. The molecular formula is C14H18N4O2. The zero-order valence-electron chi connectivity index (χ0n) is 11.6. The minimum absolute atomic E-state index is 0.0777. The van der Waals surface area contributed by atoms with Gasteiger partial charge in [0.05, 0.1) is 13.2 Å². The molecule has 1 atom stereocenters. The summed E-state index contributed by atoms with van der Waals surface area (Å²) in [7, 11) is 1.68. The van der Waals surface area contributed by atoms with E-state index in [9.17, 15) is 5.11 Å². The zero-order chi connectivity index (χ0) is 14.1. The van der Waals surface area contributed by atoms with Gasteiger partial charge in [-0.2, -0.15) is 10.1 Å². The van der Waals surface area contributed by atoms with Crippen LogP contribution < -0.4 is 10.1 Å². The molecule has 6 heteroatoms. The van der Waals surface area contributed by atoms with E-state index in [1.807, 2.05) is 16.8 Å². The highest BCUT2D eigenvalue weighted by molar-refractivity contribution is 5.42. The fraction of sp³-hybridized carbons (Fsp3) is 0.429. The van der Waals surface area contributed by atoms with Crippen LogP contribution in [0.1, 0.15) is 29.4 Å². The number of hydrogen-bond donors (Lipinski definition) is 2. The Morgan fingerprint density at radius 3 is 3.10 bits per heavy atom. The quantitative estimate of drug-likeness (QED) is 0.887. The SMILES string of the molecule is COc1ccc(C)cc1C1CCNc2nc(CO)nn21. The lowest BCUT2D eigenvalue weighted by Gasteiger charge is -2.26. The van der Waals surface area contributed by atoms with Crippen molar-refractivity contribution in [3.63, 3.8) is 0 Å². The van der Waals surface area contributed by atoms with Crippen LogP contribution in [-0.2, 0) is 6.61 Å². The summed E-state index contributed by atoms with van der Waals surface area (Å²) in [6, 6.07) is 6.22. The molecule has 1 aliphatic heterocycles. The van der Waals surface area contributed by atoms with E-state index in [0.29, 0.717) is 11.8 Å². The number of rotatable bonds is 3. The molecule has 0 spiro atoms. The Kier molecular flexibility index (Phi) is 3.31. The Morgan fingerprint density at radius 2 is 2.35 bits per heavy atom. The first kappa shape index (κ1) is 12.9. The molecule has 1 aromatic heterocycles. The van der Waals surface area contributed by atoms with E-state index < -0.39 is 0 Å². The molecule has 3 rings (SSSR count). The molecule has 2 heterocycles. The van der Waals surface area contributed by atoms with Crippen molar-refractivity contribution in [1.29, 1.82) is 0 Å². The van der Waals surface area contributed by atoms with Crippen LogP contribution in [0.3, 0.4) is 0 Å². The van der Waals surface area contributed by atoms with E-state index in [1.165, 1.54) is 5.56 Å². The second kappa shape index (κ2) is 5.13. The maximum Gasteiger partial charge on any atom is 0.222 e. The van der Waals surface area contributed by atoms with Crippen LogP contribution >= 0.6 is 0 Å². The molecule has 1 unspecified atom stereocenters. The van der Waals surface area contributed by atoms with Crippen molar-refractivity contribution in [3.8, 4) is 5.75 Å². The Morgan fingerprint density at radius 1 is 1.50 bits per heavy atom. The lowest BCUT2D eigenvalue weighted by atomic mass is 9.99. The van der Waals surface area contributed by atoms with E-state index in [1.54, 1.807) is 7.11 Å². The van der Waals surface area contributed by atoms with E-state index in [2.05, 4.69) is 28.4 Å². The molecule has 1 aromatic carbocycles. The van der Waals surface area contributed by atoms with Crippen LogP contribution in [0.4, 0.5) is 5.95 Å². The molecular weight excluding hydrogens is 256 g/mol. The molecule has 0 saturated heterocycles. The number of aliphatic hydroxyl groups is 1. The van der Waals surface area contributed by atoms with Gasteiger partial charge in [0.15, 0.2) is 5.82 Å². The normalized spacial score (nSPS) is 17.4. The van der Waals surface area contributed by atoms with Crippen molar-refractivity contribution in [1.82, 2.24) is 14.8 Å². The van der Waals surface area contributed by atoms with Crippen LogP contribution in [-0.4, -0.2) is 33.5 Å². The topological polar surface area (TPSA) is 72.2 Å². The second-order valence-corrected chi connectivity index (χ2v) is 4.93. The molecule has 106 valence electrons. The largest absolute Gasteiger partial charge is 0.496 e. The third-order valence-corrected chi connectivity index (χ3v) is 3.56. The number of anilines is 1. The van der Waals surface area contributed by atoms with E-state index in [4.69, 9.17) is 4.74 Å². The number of ether oxygens (including phenoxy) is 1. The lowest BCUT2D eigenvalue weighted by Crippen LogP contribution is -2.25. The monoisotopic (exact) mass is 274 g/mol. The van der Waals surface area contributed by atoms with Crippen molar-refractivity contribution in [2.45, 2.75) is 26.0 Å². The standard InChI is InChI=1S/C14H18N4O2/c1-9-3-4-12(20-2)10(7-9)11-5-6-15-14-16-13(8-19)17-18(11)14/h3-4,7,11,19H,5-6,8H2,1-2H3,(H,15,16,17). The third kappa shape index (κ3) is 2.12. The number of aliphatic hydroxyl groups excluding tert-OH is 1. The molecule has 6 nitrogen and oxygen atoms in total. The van der Waals surface area contributed by atoms with Crippen molar-refractivity contribution in [3.05, 3.63) is 35.2 Å². The fourth-order valence-corrected chi connectivity index (χ4v) is 2.62. The highest BCUT2D eigenvalue weighted by Gasteiger charge is 2.26. The first-order chi connectivity index (χ1) is 9.72. The van der Waals surface area contributed by atoms with Crippen molar-refractivity contribution in [2.75, 3.05) is 19.0 Å². The predicted octanol–water partition coefficient (Wildman–Crippen LogP) is 1.49. The number of aryl methyl sites for hydroxylation is 1. The molecule has 2 aromatic rings. The zero-order valence-corrected chi connectivity index (χ0v) is 11.6. The maximum absolute atomic E-state index is 9.20. The first-order valence-electron chi connectivity index (χ1n) is 6.67. The Labute approximate surface area is 117 Å². The summed E-state index contributed by atoms with van der Waals surface area (Å²) >= 11 is 0. The van der Waals surface area contributed by atoms with Crippen LogP contribution in [0, 0.1) is 6.92 Å². The Balaban J connectivity index is 2.08. The van der Waals surface area contributed by atoms with Gasteiger partial charge in [-0.25, -0.2) is 4.68 Å². The van der Waals surface area contributed by atoms with Gasteiger partial charge in [-0.3, -0.25) is 0 Å². The van der Waals surface area contributed by atoms with Gasteiger partial charge in [-0.15, -0.1) is 0 Å². The summed E-state index contributed by atoms with van der Waals surface area (Å²) in [5, 5.41) is 16.8. The molecule has 0 amide bonds. The van der Waals surface area contributed by atoms with Gasteiger partial charge in [0.1, 0.15) is 12.4 Å². The number of aromatic nitrogens is 3. The summed E-state index contributed by atoms with van der Waals surface area (Å²) in [4.78, 5) is 4.27. The summed E-state index contributed by atoms with van der Waals surface area (Å²) in [6.45, 7) is 2.73. The smallest absolute Gasteiger partial charge is 0.222 e. The van der Waals surface area contributed by atoms with Gasteiger partial charge >= 0.3 is 0 Å². The van der Waals surface area contributed by atoms with Crippen molar-refractivity contribution < 1.29 is 9.84 Å². The van der Waals surface area contributed by atoms with Crippen LogP contribution in [0.2, 0.25) is 0 Å². The number of hydrogen-bond acceptors (Lipinski definition) is 5. The van der Waals surface area contributed by atoms with Crippen LogP contribution in [0.25, 0.3) is 0 Å². The number of fused-ring (bicyclic) bond motifs is 1. The second-order valence-electron chi connectivity index (χ2n) is 4.93. The average Bonchev–Trinajstić information content (AvgIpc) is 2.90. The highest BCUT2D eigenvalue weighted by atomic mass is 16.5. The number of methoxy groups -OCH3 is 1. The molecule has 0 aliphatic carbocycles. The number of benzene rings is 1. The molecule has 20 heavy (non-hydrogen) atoms. The minimum atomic E-state index is -0.153. The van der Waals surface area contributed by atoms with Crippen LogP contribution in [0.5, 0.6) is 5.75 Å². The summed E-state index contributed by atoms with van der Waals surface area (Å²) < 4.78 is 7.31. The van der Waals surface area contributed by atoms with Gasteiger partial charge in [0, 0.05) is 12.1 Å². The average molecular weight is 274 g/mol.